The molecule has 0 rings (SSSR count). The standard InChI is InChI=1S/C4H6FO2/c1-3(2-5)4(6)7/h3H,2H2,1H3/t3-/m1/s1. The zero-order chi connectivity index (χ0) is 5.86. The lowest BCUT2D eigenvalue weighted by atomic mass is 10.2. The largest absolute Gasteiger partial charge is 0.360 e. The highest BCUT2D eigenvalue weighted by Crippen LogP contribution is 1.93. The van der Waals surface area contributed by atoms with Crippen molar-refractivity contribution in [2.75, 3.05) is 6.67 Å². The van der Waals surface area contributed by atoms with Gasteiger partial charge in [-0.25, -0.2) is 9.90 Å². The summed E-state index contributed by atoms with van der Waals surface area (Å²) in [7, 11) is 0. The molecule has 0 spiro atoms. The summed E-state index contributed by atoms with van der Waals surface area (Å²) in [5.74, 6) is -2.29. The number of carbonyl (C=O) groups excluding carboxylic acids is 1. The first-order valence-corrected chi connectivity index (χ1v) is 1.95. The molecular formula is C4H6FO2. The van der Waals surface area contributed by atoms with Gasteiger partial charge in [-0.3, -0.25) is 4.39 Å². The van der Waals surface area contributed by atoms with E-state index in [4.69, 9.17) is 0 Å². The Bertz CT molecular complexity index is 72.1. The molecule has 0 aliphatic carbocycles. The minimum Gasteiger partial charge on any atom is -0.250 e. The van der Waals surface area contributed by atoms with Crippen LogP contribution >= 0.6 is 0 Å². The SMILES string of the molecule is C[C@H](CF)C([O])=O. The first kappa shape index (κ1) is 6.40. The highest BCUT2D eigenvalue weighted by Gasteiger charge is 2.10. The van der Waals surface area contributed by atoms with Crippen LogP contribution in [-0.4, -0.2) is 12.6 Å². The molecule has 0 heterocycles. The number of hydrogen-bond acceptors (Lipinski definition) is 1. The molecule has 0 aromatic carbocycles. The van der Waals surface area contributed by atoms with Gasteiger partial charge < -0.3 is 0 Å². The third-order valence-corrected chi connectivity index (χ3v) is 0.634. The lowest BCUT2D eigenvalue weighted by Gasteiger charge is -1.90. The average molecular weight is 105 g/mol. The maximum Gasteiger partial charge on any atom is 0.360 e. The molecule has 7 heavy (non-hydrogen) atoms. The number of hydrogen-bond donors (Lipinski definition) is 0. The first-order valence-electron chi connectivity index (χ1n) is 1.95. The molecule has 2 nitrogen and oxygen atoms in total. The number of rotatable bonds is 2. The average Bonchev–Trinajstić information content (AvgIpc) is 1.65. The lowest BCUT2D eigenvalue weighted by Crippen LogP contribution is -2.08. The molecule has 0 amide bonds. The Morgan fingerprint density at radius 1 is 1.86 bits per heavy atom. The van der Waals surface area contributed by atoms with E-state index in [-0.39, 0.29) is 0 Å². The van der Waals surface area contributed by atoms with Crippen LogP contribution < -0.4 is 0 Å². The summed E-state index contributed by atoms with van der Waals surface area (Å²) in [6.45, 7) is 0.414. The molecular weight excluding hydrogens is 99.0 g/mol. The molecule has 1 atom stereocenters. The van der Waals surface area contributed by atoms with Gasteiger partial charge in [-0.1, -0.05) is 0 Å². The van der Waals surface area contributed by atoms with E-state index in [1.165, 1.54) is 6.92 Å². The number of alkyl halides is 1. The van der Waals surface area contributed by atoms with E-state index in [0.717, 1.165) is 0 Å². The minimum atomic E-state index is -1.33. The van der Waals surface area contributed by atoms with Crippen LogP contribution in [-0.2, 0) is 9.90 Å². The maximum absolute atomic E-state index is 11.2. The summed E-state index contributed by atoms with van der Waals surface area (Å²) >= 11 is 0. The molecule has 0 aliphatic rings. The Morgan fingerprint density at radius 2 is 2.29 bits per heavy atom. The fraction of sp³-hybridized carbons (Fsp3) is 0.750. The van der Waals surface area contributed by atoms with Gasteiger partial charge in [0, 0.05) is 0 Å². The third kappa shape index (κ3) is 2.14. The van der Waals surface area contributed by atoms with E-state index >= 15 is 0 Å². The van der Waals surface area contributed by atoms with Crippen LogP contribution in [0.2, 0.25) is 0 Å². The van der Waals surface area contributed by atoms with Crippen molar-refractivity contribution in [3.8, 4) is 0 Å². The van der Waals surface area contributed by atoms with Crippen molar-refractivity contribution < 1.29 is 14.3 Å². The van der Waals surface area contributed by atoms with E-state index in [9.17, 15) is 14.3 Å². The number of carbonyl (C=O) groups is 1. The van der Waals surface area contributed by atoms with Gasteiger partial charge in [0.1, 0.15) is 6.67 Å². The summed E-state index contributed by atoms with van der Waals surface area (Å²) in [5, 5.41) is 9.58. The molecule has 0 aromatic heterocycles. The van der Waals surface area contributed by atoms with Crippen LogP contribution in [0.4, 0.5) is 4.39 Å². The summed E-state index contributed by atoms with van der Waals surface area (Å²) in [4.78, 5) is 9.58. The van der Waals surface area contributed by atoms with Crippen molar-refractivity contribution in [3.63, 3.8) is 0 Å². The van der Waals surface area contributed by atoms with Gasteiger partial charge in [-0.2, -0.15) is 0 Å². The van der Waals surface area contributed by atoms with Gasteiger partial charge in [0.2, 0.25) is 0 Å². The zero-order valence-electron chi connectivity index (χ0n) is 3.98. The van der Waals surface area contributed by atoms with Gasteiger partial charge >= 0.3 is 5.97 Å². The molecule has 0 unspecified atom stereocenters. The maximum atomic E-state index is 11.2. The summed E-state index contributed by atoms with van der Waals surface area (Å²) in [5.41, 5.74) is 0. The normalized spacial score (nSPS) is 13.4. The Morgan fingerprint density at radius 3 is 2.29 bits per heavy atom. The zero-order valence-corrected chi connectivity index (χ0v) is 3.98. The molecule has 1 radical (unpaired) electrons. The van der Waals surface area contributed by atoms with Crippen LogP contribution in [0.3, 0.4) is 0 Å². The number of halogens is 1. The monoisotopic (exact) mass is 105 g/mol. The summed E-state index contributed by atoms with van der Waals surface area (Å²) < 4.78 is 11.2. The molecule has 0 aromatic rings. The molecule has 0 saturated carbocycles. The molecule has 0 aliphatic heterocycles. The van der Waals surface area contributed by atoms with Crippen LogP contribution in [0.25, 0.3) is 0 Å². The Labute approximate surface area is 41.0 Å². The Kier molecular flexibility index (Phi) is 2.33. The highest BCUT2D eigenvalue weighted by atomic mass is 19.1. The first-order chi connectivity index (χ1) is 3.18. The fourth-order valence-electron chi connectivity index (χ4n) is 0.0630. The topological polar surface area (TPSA) is 37.0 Å². The second-order valence-electron chi connectivity index (χ2n) is 1.37. The van der Waals surface area contributed by atoms with Gasteiger partial charge in [0.05, 0.1) is 5.92 Å². The van der Waals surface area contributed by atoms with E-state index in [1.54, 1.807) is 0 Å². The lowest BCUT2D eigenvalue weighted by molar-refractivity contribution is -0.147. The van der Waals surface area contributed by atoms with Crippen molar-refractivity contribution >= 4 is 5.97 Å². The molecule has 0 N–H and O–H groups in total. The van der Waals surface area contributed by atoms with Crippen molar-refractivity contribution in [2.24, 2.45) is 5.92 Å². The predicted molar refractivity (Wildman–Crippen MR) is 20.8 cm³/mol. The third-order valence-electron chi connectivity index (χ3n) is 0.634. The van der Waals surface area contributed by atoms with Crippen LogP contribution in [0, 0.1) is 5.92 Å². The smallest absolute Gasteiger partial charge is 0.250 e. The Hall–Kier alpha value is -0.600. The van der Waals surface area contributed by atoms with Crippen LogP contribution in [0.15, 0.2) is 0 Å². The Balaban J connectivity index is 3.34. The molecule has 3 heteroatoms. The quantitative estimate of drug-likeness (QED) is 0.505. The van der Waals surface area contributed by atoms with E-state index in [0.29, 0.717) is 0 Å². The van der Waals surface area contributed by atoms with Crippen molar-refractivity contribution in [1.82, 2.24) is 0 Å². The molecule has 0 bridgehead atoms. The van der Waals surface area contributed by atoms with Crippen LogP contribution in [0.1, 0.15) is 6.92 Å². The highest BCUT2D eigenvalue weighted by molar-refractivity contribution is 5.69. The molecule has 0 saturated heterocycles. The van der Waals surface area contributed by atoms with Crippen LogP contribution in [0.5, 0.6) is 0 Å². The molecule has 41 valence electrons. The van der Waals surface area contributed by atoms with E-state index in [1.807, 2.05) is 0 Å². The molecule has 0 fully saturated rings. The second kappa shape index (κ2) is 2.55. The second-order valence-corrected chi connectivity index (χ2v) is 1.37. The van der Waals surface area contributed by atoms with Crippen molar-refractivity contribution in [1.29, 1.82) is 0 Å². The van der Waals surface area contributed by atoms with Gasteiger partial charge in [-0.15, -0.1) is 0 Å². The fourth-order valence-corrected chi connectivity index (χ4v) is 0.0630. The predicted octanol–water partition coefficient (Wildman–Crippen LogP) is 0.549. The van der Waals surface area contributed by atoms with Gasteiger partial charge in [-0.05, 0) is 6.92 Å². The van der Waals surface area contributed by atoms with E-state index < -0.39 is 18.6 Å². The minimum absolute atomic E-state index is 0.845. The van der Waals surface area contributed by atoms with Crippen molar-refractivity contribution in [3.05, 3.63) is 0 Å². The summed E-state index contributed by atoms with van der Waals surface area (Å²) in [6, 6.07) is 0. The van der Waals surface area contributed by atoms with E-state index in [2.05, 4.69) is 0 Å². The van der Waals surface area contributed by atoms with Gasteiger partial charge in [0.15, 0.2) is 0 Å². The van der Waals surface area contributed by atoms with Crippen molar-refractivity contribution in [2.45, 2.75) is 6.92 Å². The summed E-state index contributed by atoms with van der Waals surface area (Å²) in [6.07, 6.45) is 0. The van der Waals surface area contributed by atoms with Gasteiger partial charge in [0.25, 0.3) is 0 Å².